The van der Waals surface area contributed by atoms with Crippen molar-refractivity contribution in [1.29, 1.82) is 0 Å². The number of carbonyl (C=O) groups is 2. The van der Waals surface area contributed by atoms with Gasteiger partial charge in [0.2, 0.25) is 0 Å². The molecule has 2 amide bonds. The second-order valence-corrected chi connectivity index (χ2v) is 16.3. The fourth-order valence-corrected chi connectivity index (χ4v) is 9.74. The van der Waals surface area contributed by atoms with E-state index < -0.39 is 9.68 Å². The van der Waals surface area contributed by atoms with Crippen LogP contribution in [0.15, 0.2) is 66.7 Å². The van der Waals surface area contributed by atoms with Crippen molar-refractivity contribution in [2.45, 2.75) is 72.4 Å². The Hall–Kier alpha value is -4.32. The van der Waals surface area contributed by atoms with Gasteiger partial charge < -0.3 is 19.9 Å². The second-order valence-electron chi connectivity index (χ2n) is 13.2. The summed E-state index contributed by atoms with van der Waals surface area (Å²) >= 11 is 1.68. The predicted octanol–water partition coefficient (Wildman–Crippen LogP) is 6.27. The molecule has 0 aliphatic carbocycles. The van der Waals surface area contributed by atoms with Crippen molar-refractivity contribution in [3.8, 4) is 5.69 Å². The first kappa shape index (κ1) is 35.5. The maximum atomic E-state index is 14.6. The number of carbonyl (C=O) groups excluding carboxylic acids is 2. The molecule has 11 heteroatoms. The topological polar surface area (TPSA) is 90.7 Å². The van der Waals surface area contributed by atoms with Crippen molar-refractivity contribution in [3.05, 3.63) is 106 Å². The summed E-state index contributed by atoms with van der Waals surface area (Å²) in [5, 5.41) is 16.2. The fourth-order valence-electron chi connectivity index (χ4n) is 6.74. The molecule has 6 rings (SSSR count). The van der Waals surface area contributed by atoms with Gasteiger partial charge in [-0.3, -0.25) is 9.59 Å². The first-order valence-electron chi connectivity index (χ1n) is 17.6. The van der Waals surface area contributed by atoms with E-state index in [1.165, 1.54) is 10.6 Å². The highest BCUT2D eigenvalue weighted by atomic mass is 32.1. The molecule has 0 saturated heterocycles. The molecule has 50 heavy (non-hydrogen) atoms. The van der Waals surface area contributed by atoms with Crippen LogP contribution in [0, 0.1) is 19.7 Å². The summed E-state index contributed by atoms with van der Waals surface area (Å²) in [5.74, 6) is -0.548. The number of nitrogens with zero attached hydrogens (tertiary/aromatic N) is 4. The summed E-state index contributed by atoms with van der Waals surface area (Å²) in [6.07, 6.45) is 4.40. The van der Waals surface area contributed by atoms with E-state index in [2.05, 4.69) is 24.9 Å². The van der Waals surface area contributed by atoms with Gasteiger partial charge in [0, 0.05) is 40.2 Å². The Kier molecular flexibility index (Phi) is 11.1. The zero-order valence-corrected chi connectivity index (χ0v) is 31.6. The molecule has 1 atom stereocenters. The van der Waals surface area contributed by atoms with Gasteiger partial charge in [-0.25, -0.2) is 9.07 Å². The van der Waals surface area contributed by atoms with E-state index in [-0.39, 0.29) is 30.3 Å². The van der Waals surface area contributed by atoms with E-state index in [4.69, 9.17) is 5.10 Å². The highest BCUT2D eigenvalue weighted by Gasteiger charge is 2.32. The fraction of sp³-hybridized carbons (Fsp3) is 0.359. The Morgan fingerprint density at radius 3 is 2.48 bits per heavy atom. The summed E-state index contributed by atoms with van der Waals surface area (Å²) in [6.45, 7) is 9.77. The number of hydrogen-bond donors (Lipinski definition) is 2. The number of hydrogen-bond acceptors (Lipinski definition) is 6. The largest absolute Gasteiger partial charge is 0.411 e. The molecule has 0 bridgehead atoms. The molecular formula is C39H46FN5O3SSi. The number of aliphatic hydroxyl groups is 1. The summed E-state index contributed by atoms with van der Waals surface area (Å²) in [4.78, 5) is 35.7. The van der Waals surface area contributed by atoms with Crippen molar-refractivity contribution in [1.82, 2.24) is 19.6 Å². The molecule has 0 fully saturated rings. The van der Waals surface area contributed by atoms with Crippen LogP contribution in [0.5, 0.6) is 0 Å². The molecule has 0 radical (unpaired) electrons. The van der Waals surface area contributed by atoms with Gasteiger partial charge in [0.1, 0.15) is 5.82 Å². The van der Waals surface area contributed by atoms with Crippen LogP contribution in [-0.2, 0) is 13.0 Å². The minimum Gasteiger partial charge on any atom is -0.411 e. The van der Waals surface area contributed by atoms with Crippen LogP contribution in [-0.4, -0.2) is 71.9 Å². The molecule has 3 aromatic carbocycles. The van der Waals surface area contributed by atoms with Gasteiger partial charge in [-0.1, -0.05) is 51.0 Å². The van der Waals surface area contributed by atoms with E-state index in [1.807, 2.05) is 61.2 Å². The number of fused-ring (bicyclic) bond motifs is 2. The smallest absolute Gasteiger partial charge is 0.274 e. The van der Waals surface area contributed by atoms with Gasteiger partial charge in [-0.15, -0.1) is 11.3 Å². The average molecular weight is 712 g/mol. The number of nitrogens with one attached hydrogen (secondary N) is 1. The quantitative estimate of drug-likeness (QED) is 0.141. The van der Waals surface area contributed by atoms with Crippen molar-refractivity contribution in [2.75, 3.05) is 24.7 Å². The predicted molar refractivity (Wildman–Crippen MR) is 203 cm³/mol. The van der Waals surface area contributed by atoms with Gasteiger partial charge in [0.05, 0.1) is 23.9 Å². The number of aromatic nitrogens is 2. The van der Waals surface area contributed by atoms with Crippen LogP contribution in [0.25, 0.3) is 15.8 Å². The lowest BCUT2D eigenvalue weighted by Crippen LogP contribution is -2.46. The maximum Gasteiger partial charge on any atom is 0.274 e. The second kappa shape index (κ2) is 15.7. The number of amides is 2. The number of aryl methyl sites for hydroxylation is 2. The molecule has 1 unspecified atom stereocenters. The van der Waals surface area contributed by atoms with Crippen LogP contribution in [0.3, 0.4) is 0 Å². The van der Waals surface area contributed by atoms with Gasteiger partial charge in [0.25, 0.3) is 11.8 Å². The zero-order chi connectivity index (χ0) is 35.4. The number of unbranched alkanes of at least 4 members (excludes halogenated alkanes) is 2. The Morgan fingerprint density at radius 1 is 1.02 bits per heavy atom. The molecule has 5 aromatic rings. The van der Waals surface area contributed by atoms with Gasteiger partial charge >= 0.3 is 0 Å². The molecule has 1 aliphatic rings. The number of benzene rings is 3. The monoisotopic (exact) mass is 711 g/mol. The molecular weight excluding hydrogens is 666 g/mol. The average Bonchev–Trinajstić information content (AvgIpc) is 3.67. The SMILES string of the molecule is CCCCN(CCCC)C(=O)c1cc(C)n(-c2ccc(N[SiH2]c3sc4ccc(F)cc4c3C)cc2C(=O)N2Cc3ccccc3CC2CO)n1. The molecule has 2 N–H and O–H groups in total. The van der Waals surface area contributed by atoms with E-state index in [9.17, 15) is 19.1 Å². The molecule has 8 nitrogen and oxygen atoms in total. The summed E-state index contributed by atoms with van der Waals surface area (Å²) in [6, 6.07) is 20.1. The van der Waals surface area contributed by atoms with Crippen LogP contribution in [0.2, 0.25) is 0 Å². The van der Waals surface area contributed by atoms with Crippen molar-refractivity contribution in [2.24, 2.45) is 0 Å². The van der Waals surface area contributed by atoms with Crippen molar-refractivity contribution >= 4 is 53.1 Å². The first-order valence-corrected chi connectivity index (χ1v) is 19.9. The Morgan fingerprint density at radius 2 is 1.76 bits per heavy atom. The summed E-state index contributed by atoms with van der Waals surface area (Å²) < 4.78 is 18.0. The van der Waals surface area contributed by atoms with E-state index in [0.29, 0.717) is 43.0 Å². The first-order chi connectivity index (χ1) is 24.2. The Balaban J connectivity index is 1.36. The van der Waals surface area contributed by atoms with E-state index >= 15 is 0 Å². The van der Waals surface area contributed by atoms with Gasteiger partial charge in [0.15, 0.2) is 15.4 Å². The lowest BCUT2D eigenvalue weighted by molar-refractivity contribution is 0.0544. The standard InChI is InChI=1S/C39H46FN5O3SSi/c1-5-7-17-43(18-8-6-2)38(48)34-19-25(3)45(41-34)35-15-14-30(42-50-39-26(4)32-21-29(40)13-16-36(32)49-39)22-33(35)37(47)44-23-28-12-10-9-11-27(28)20-31(44)24-46/h9-16,19,21-22,31,42,46H,5-8,17-18,20,23-24,50H2,1-4H3. The lowest BCUT2D eigenvalue weighted by atomic mass is 9.93. The third kappa shape index (κ3) is 7.40. The van der Waals surface area contributed by atoms with Crippen LogP contribution < -0.4 is 9.48 Å². The molecule has 0 saturated carbocycles. The minimum atomic E-state index is -1.03. The number of aliphatic hydroxyl groups excluding tert-OH is 1. The summed E-state index contributed by atoms with van der Waals surface area (Å²) in [5.41, 5.74) is 6.22. The number of rotatable bonds is 13. The highest BCUT2D eigenvalue weighted by molar-refractivity contribution is 7.27. The third-order valence-electron chi connectivity index (χ3n) is 9.69. The molecule has 3 heterocycles. The summed E-state index contributed by atoms with van der Waals surface area (Å²) in [7, 11) is -1.03. The Bertz CT molecular complexity index is 2000. The van der Waals surface area contributed by atoms with Crippen LogP contribution >= 0.6 is 11.3 Å². The van der Waals surface area contributed by atoms with E-state index in [1.54, 1.807) is 33.1 Å². The lowest BCUT2D eigenvalue weighted by Gasteiger charge is -2.36. The Labute approximate surface area is 299 Å². The van der Waals surface area contributed by atoms with Gasteiger partial charge in [-0.2, -0.15) is 5.10 Å². The third-order valence-corrected chi connectivity index (χ3v) is 13.1. The zero-order valence-electron chi connectivity index (χ0n) is 29.3. The molecule has 2 aromatic heterocycles. The molecule has 262 valence electrons. The highest BCUT2D eigenvalue weighted by Crippen LogP contribution is 2.30. The van der Waals surface area contributed by atoms with Crippen molar-refractivity contribution in [3.63, 3.8) is 0 Å². The number of halogens is 1. The maximum absolute atomic E-state index is 14.6. The van der Waals surface area contributed by atoms with Crippen LogP contribution in [0.1, 0.15) is 82.8 Å². The number of thiophene rings is 1. The van der Waals surface area contributed by atoms with Gasteiger partial charge in [-0.05, 0) is 97.7 Å². The van der Waals surface area contributed by atoms with E-state index in [0.717, 1.165) is 63.8 Å². The molecule has 0 spiro atoms. The number of anilines is 1. The molecule has 1 aliphatic heterocycles. The van der Waals surface area contributed by atoms with Crippen molar-refractivity contribution < 1.29 is 19.1 Å². The minimum absolute atomic E-state index is 0.0996. The normalized spacial score (nSPS) is 14.4. The van der Waals surface area contributed by atoms with Crippen LogP contribution in [0.4, 0.5) is 10.1 Å².